The van der Waals surface area contributed by atoms with Gasteiger partial charge in [-0.2, -0.15) is 0 Å². The van der Waals surface area contributed by atoms with Crippen molar-refractivity contribution in [2.24, 2.45) is 0 Å². The van der Waals surface area contributed by atoms with Crippen LogP contribution in [0.1, 0.15) is 46.0 Å². The van der Waals surface area contributed by atoms with Gasteiger partial charge in [-0.3, -0.25) is 9.59 Å². The molecule has 1 aromatic heterocycles. The summed E-state index contributed by atoms with van der Waals surface area (Å²) in [7, 11) is 0. The summed E-state index contributed by atoms with van der Waals surface area (Å²) in [6.07, 6.45) is 1.76. The molecule has 0 saturated heterocycles. The first-order valence-electron chi connectivity index (χ1n) is 9.85. The van der Waals surface area contributed by atoms with Crippen molar-refractivity contribution in [3.05, 3.63) is 89.2 Å². The summed E-state index contributed by atoms with van der Waals surface area (Å²) in [6.45, 7) is 4.11. The lowest BCUT2D eigenvalue weighted by Gasteiger charge is -2.22. The number of amides is 2. The van der Waals surface area contributed by atoms with Gasteiger partial charge >= 0.3 is 0 Å². The number of pyridine rings is 1. The van der Waals surface area contributed by atoms with Gasteiger partial charge < -0.3 is 10.2 Å². The molecule has 1 unspecified atom stereocenters. The lowest BCUT2D eigenvalue weighted by atomic mass is 10.1. The summed E-state index contributed by atoms with van der Waals surface area (Å²) < 4.78 is 0. The quantitative estimate of drug-likeness (QED) is 0.720. The minimum absolute atomic E-state index is 0.0521. The van der Waals surface area contributed by atoms with E-state index in [1.165, 1.54) is 5.56 Å². The number of aryl methyl sites for hydroxylation is 1. The molecular formula is C24H23N3O2. The Morgan fingerprint density at radius 1 is 1.00 bits per heavy atom. The molecule has 1 N–H and O–H groups in total. The third kappa shape index (κ3) is 3.76. The maximum Gasteiger partial charge on any atom is 0.277 e. The average Bonchev–Trinajstić information content (AvgIpc) is 3.09. The van der Waals surface area contributed by atoms with Crippen LogP contribution in [0.15, 0.2) is 66.7 Å². The van der Waals surface area contributed by atoms with Crippen molar-refractivity contribution < 1.29 is 9.59 Å². The van der Waals surface area contributed by atoms with Gasteiger partial charge in [-0.1, -0.05) is 43.3 Å². The number of aromatic nitrogens is 1. The Morgan fingerprint density at radius 2 is 1.72 bits per heavy atom. The molecular weight excluding hydrogens is 362 g/mol. The van der Waals surface area contributed by atoms with Crippen LogP contribution in [-0.2, 0) is 12.8 Å². The van der Waals surface area contributed by atoms with Crippen molar-refractivity contribution in [2.75, 3.05) is 10.2 Å². The maximum atomic E-state index is 13.2. The highest BCUT2D eigenvalue weighted by molar-refractivity contribution is 6.08. The number of anilines is 2. The predicted molar refractivity (Wildman–Crippen MR) is 114 cm³/mol. The first kappa shape index (κ1) is 18.9. The number of hydrogen-bond acceptors (Lipinski definition) is 3. The second-order valence-corrected chi connectivity index (χ2v) is 7.27. The van der Waals surface area contributed by atoms with Gasteiger partial charge in [0, 0.05) is 17.4 Å². The lowest BCUT2D eigenvalue weighted by Crippen LogP contribution is -2.36. The van der Waals surface area contributed by atoms with Crippen molar-refractivity contribution in [2.45, 2.75) is 32.7 Å². The van der Waals surface area contributed by atoms with Crippen LogP contribution in [-0.4, -0.2) is 22.8 Å². The molecule has 0 aliphatic carbocycles. The fourth-order valence-corrected chi connectivity index (χ4v) is 3.70. The topological polar surface area (TPSA) is 62.3 Å². The molecule has 0 saturated carbocycles. The Morgan fingerprint density at radius 3 is 2.48 bits per heavy atom. The van der Waals surface area contributed by atoms with Crippen molar-refractivity contribution in [1.82, 2.24) is 4.98 Å². The van der Waals surface area contributed by atoms with Crippen LogP contribution in [0.4, 0.5) is 11.4 Å². The molecule has 0 radical (unpaired) electrons. The first-order valence-corrected chi connectivity index (χ1v) is 9.85. The summed E-state index contributed by atoms with van der Waals surface area (Å²) in [5.74, 6) is -0.525. The minimum Gasteiger partial charge on any atom is -0.321 e. The molecule has 3 aromatic rings. The molecule has 2 heterocycles. The number of para-hydroxylation sites is 1. The van der Waals surface area contributed by atoms with Gasteiger partial charge in [0.1, 0.15) is 11.4 Å². The van der Waals surface area contributed by atoms with Crippen LogP contribution >= 0.6 is 0 Å². The molecule has 2 amide bonds. The van der Waals surface area contributed by atoms with E-state index in [0.717, 1.165) is 24.1 Å². The highest BCUT2D eigenvalue weighted by Gasteiger charge is 2.32. The second kappa shape index (κ2) is 7.87. The molecule has 1 aliphatic heterocycles. The molecule has 5 heteroatoms. The number of rotatable bonds is 4. The zero-order chi connectivity index (χ0) is 20.4. The van der Waals surface area contributed by atoms with Crippen LogP contribution in [0.3, 0.4) is 0 Å². The number of nitrogens with one attached hydrogen (secondary N) is 1. The van der Waals surface area contributed by atoms with Crippen molar-refractivity contribution >= 4 is 23.2 Å². The van der Waals surface area contributed by atoms with E-state index in [0.29, 0.717) is 5.69 Å². The van der Waals surface area contributed by atoms with Gasteiger partial charge in [-0.25, -0.2) is 4.98 Å². The molecule has 5 nitrogen and oxygen atoms in total. The highest BCUT2D eigenvalue weighted by Crippen LogP contribution is 2.32. The van der Waals surface area contributed by atoms with Crippen LogP contribution < -0.4 is 10.2 Å². The smallest absolute Gasteiger partial charge is 0.277 e. The van der Waals surface area contributed by atoms with E-state index in [2.05, 4.69) is 17.2 Å². The Balaban J connectivity index is 1.55. The van der Waals surface area contributed by atoms with Crippen LogP contribution in [0.25, 0.3) is 0 Å². The summed E-state index contributed by atoms with van der Waals surface area (Å²) >= 11 is 0. The monoisotopic (exact) mass is 385 g/mol. The van der Waals surface area contributed by atoms with Gasteiger partial charge in [0.25, 0.3) is 11.8 Å². The summed E-state index contributed by atoms with van der Waals surface area (Å²) in [5.41, 5.74) is 4.45. The molecule has 1 aliphatic rings. The van der Waals surface area contributed by atoms with E-state index >= 15 is 0 Å². The molecule has 0 bridgehead atoms. The second-order valence-electron chi connectivity index (χ2n) is 7.27. The number of fused-ring (bicyclic) bond motifs is 1. The standard InChI is InChI=1S/C24H23N3O2/c1-3-17-11-13-19(14-12-17)25-23(28)20-8-6-9-21(26-20)24(29)27-16(2)15-18-7-4-5-10-22(18)27/h4-14,16H,3,15H2,1-2H3,(H,25,28). The number of nitrogens with zero attached hydrogens (tertiary/aromatic N) is 2. The highest BCUT2D eigenvalue weighted by atomic mass is 16.2. The first-order chi connectivity index (χ1) is 14.1. The number of hydrogen-bond donors (Lipinski definition) is 1. The van der Waals surface area contributed by atoms with Crippen LogP contribution in [0.5, 0.6) is 0 Å². The molecule has 4 rings (SSSR count). The van der Waals surface area contributed by atoms with Crippen molar-refractivity contribution in [3.8, 4) is 0 Å². The fourth-order valence-electron chi connectivity index (χ4n) is 3.70. The Kier molecular flexibility index (Phi) is 5.12. The van der Waals surface area contributed by atoms with Gasteiger partial charge in [0.2, 0.25) is 0 Å². The SMILES string of the molecule is CCc1ccc(NC(=O)c2cccc(C(=O)N3c4ccccc4CC3C)n2)cc1. The average molecular weight is 385 g/mol. The normalized spacial score (nSPS) is 15.1. The lowest BCUT2D eigenvalue weighted by molar-refractivity contribution is 0.0976. The zero-order valence-electron chi connectivity index (χ0n) is 16.6. The zero-order valence-corrected chi connectivity index (χ0v) is 16.6. The Bertz CT molecular complexity index is 1060. The van der Waals surface area contributed by atoms with Crippen LogP contribution in [0.2, 0.25) is 0 Å². The molecule has 2 aromatic carbocycles. The van der Waals surface area contributed by atoms with Crippen molar-refractivity contribution in [1.29, 1.82) is 0 Å². The fraction of sp³-hybridized carbons (Fsp3) is 0.208. The number of benzene rings is 2. The molecule has 146 valence electrons. The summed E-state index contributed by atoms with van der Waals surface area (Å²) in [6, 6.07) is 20.6. The van der Waals surface area contributed by atoms with Gasteiger partial charge in [0.05, 0.1) is 0 Å². The van der Waals surface area contributed by atoms with Gasteiger partial charge in [-0.05, 0) is 61.2 Å². The largest absolute Gasteiger partial charge is 0.321 e. The van der Waals surface area contributed by atoms with Gasteiger partial charge in [0.15, 0.2) is 0 Å². The van der Waals surface area contributed by atoms with Crippen molar-refractivity contribution in [3.63, 3.8) is 0 Å². The molecule has 0 fully saturated rings. The van der Waals surface area contributed by atoms with E-state index in [4.69, 9.17) is 0 Å². The third-order valence-corrected chi connectivity index (χ3v) is 5.25. The summed E-state index contributed by atoms with van der Waals surface area (Å²) in [4.78, 5) is 31.9. The van der Waals surface area contributed by atoms with E-state index in [1.54, 1.807) is 23.1 Å². The van der Waals surface area contributed by atoms with E-state index < -0.39 is 0 Å². The minimum atomic E-state index is -0.334. The maximum absolute atomic E-state index is 13.2. The van der Waals surface area contributed by atoms with E-state index in [9.17, 15) is 9.59 Å². The number of carbonyl (C=O) groups excluding carboxylic acids is 2. The molecule has 1 atom stereocenters. The Hall–Kier alpha value is -3.47. The predicted octanol–water partition coefficient (Wildman–Crippen LogP) is 4.49. The number of carbonyl (C=O) groups is 2. The Labute approximate surface area is 170 Å². The van der Waals surface area contributed by atoms with Gasteiger partial charge in [-0.15, -0.1) is 0 Å². The van der Waals surface area contributed by atoms with Crippen LogP contribution in [0, 0.1) is 0 Å². The third-order valence-electron chi connectivity index (χ3n) is 5.25. The van der Waals surface area contributed by atoms with E-state index in [-0.39, 0.29) is 29.2 Å². The summed E-state index contributed by atoms with van der Waals surface area (Å²) in [5, 5.41) is 2.84. The molecule has 29 heavy (non-hydrogen) atoms. The molecule has 0 spiro atoms. The van der Waals surface area contributed by atoms with E-state index in [1.807, 2.05) is 55.5 Å².